The molecule has 3 aromatic rings. The zero-order valence-corrected chi connectivity index (χ0v) is 13.0. The summed E-state index contributed by atoms with van der Waals surface area (Å²) in [4.78, 5) is 19.8. The highest BCUT2D eigenvalue weighted by Crippen LogP contribution is 2.20. The smallest absolute Gasteiger partial charge is 0.248 e. The summed E-state index contributed by atoms with van der Waals surface area (Å²) in [5.41, 5.74) is 15.3. The predicted octanol–water partition coefficient (Wildman–Crippen LogP) is 2.62. The van der Waals surface area contributed by atoms with E-state index in [1.807, 2.05) is 42.8 Å². The van der Waals surface area contributed by atoms with Crippen molar-refractivity contribution in [2.75, 3.05) is 5.73 Å². The van der Waals surface area contributed by atoms with Crippen LogP contribution in [0.1, 0.15) is 21.5 Å². The Labute approximate surface area is 140 Å². The number of hydrogen-bond acceptors (Lipinski definition) is 4. The van der Waals surface area contributed by atoms with E-state index in [2.05, 4.69) is 9.97 Å². The minimum Gasteiger partial charge on any atom is -0.384 e. The highest BCUT2D eigenvalue weighted by Gasteiger charge is 2.08. The van der Waals surface area contributed by atoms with E-state index in [1.165, 1.54) is 0 Å². The largest absolute Gasteiger partial charge is 0.384 e. The number of carbonyl (C=O) groups excluding carboxylic acids is 1. The first-order chi connectivity index (χ1) is 11.6. The van der Waals surface area contributed by atoms with Crippen LogP contribution in [0.15, 0.2) is 60.9 Å². The van der Waals surface area contributed by atoms with E-state index < -0.39 is 5.91 Å². The van der Waals surface area contributed by atoms with Crippen molar-refractivity contribution in [2.24, 2.45) is 5.73 Å². The fourth-order valence-electron chi connectivity index (χ4n) is 2.51. The summed E-state index contributed by atoms with van der Waals surface area (Å²) in [6.45, 7) is 0. The van der Waals surface area contributed by atoms with Crippen LogP contribution < -0.4 is 11.5 Å². The topological polar surface area (TPSA) is 94.9 Å². The van der Waals surface area contributed by atoms with Crippen LogP contribution in [-0.4, -0.2) is 15.9 Å². The Morgan fingerprint density at radius 2 is 1.83 bits per heavy atom. The number of nitrogen functional groups attached to an aromatic ring is 1. The van der Waals surface area contributed by atoms with E-state index in [0.717, 1.165) is 22.4 Å². The molecule has 4 N–H and O–H groups in total. The molecule has 0 saturated heterocycles. The molecule has 1 radical (unpaired) electrons. The van der Waals surface area contributed by atoms with Gasteiger partial charge in [-0.3, -0.25) is 9.78 Å². The Morgan fingerprint density at radius 3 is 2.62 bits per heavy atom. The number of carbonyl (C=O) groups is 1. The predicted molar refractivity (Wildman–Crippen MR) is 93.9 cm³/mol. The average molecular weight is 317 g/mol. The van der Waals surface area contributed by atoms with Crippen molar-refractivity contribution >= 4 is 11.7 Å². The molecule has 0 saturated carbocycles. The molecule has 2 aromatic heterocycles. The molecule has 1 amide bonds. The lowest BCUT2D eigenvalue weighted by molar-refractivity contribution is 0.0999. The zero-order valence-electron chi connectivity index (χ0n) is 13.0. The number of nitrogens with two attached hydrogens (primary N) is 2. The summed E-state index contributed by atoms with van der Waals surface area (Å²) in [6.07, 6.45) is 6.06. The maximum atomic E-state index is 11.5. The fraction of sp³-hybridized carbons (Fsp3) is 0.0526. The minimum absolute atomic E-state index is 0.415. The first kappa shape index (κ1) is 15.7. The van der Waals surface area contributed by atoms with Gasteiger partial charge in [0.05, 0.1) is 5.69 Å². The van der Waals surface area contributed by atoms with Gasteiger partial charge in [-0.1, -0.05) is 18.2 Å². The monoisotopic (exact) mass is 317 g/mol. The normalized spacial score (nSPS) is 10.5. The summed E-state index contributed by atoms with van der Waals surface area (Å²) >= 11 is 0. The summed E-state index contributed by atoms with van der Waals surface area (Å²) in [5.74, 6) is 0.0424. The average Bonchev–Trinajstić information content (AvgIpc) is 2.60. The molecule has 1 aromatic carbocycles. The number of rotatable bonds is 5. The molecule has 0 fully saturated rings. The molecular formula is C19H17N4O. The molecule has 0 spiro atoms. The number of benzene rings is 1. The standard InChI is InChI=1S/C19H17N4O/c20-18-12-15(8-10-23-18)17-11-13(7-9-22-17)5-6-14-3-1-2-4-16(14)19(21)24/h1-5,7-12H,6H2,(H2,20,23)(H2,21,24). The molecule has 24 heavy (non-hydrogen) atoms. The highest BCUT2D eigenvalue weighted by molar-refractivity contribution is 5.94. The van der Waals surface area contributed by atoms with E-state index in [4.69, 9.17) is 11.5 Å². The van der Waals surface area contributed by atoms with E-state index in [1.54, 1.807) is 24.5 Å². The number of hydrogen-bond donors (Lipinski definition) is 2. The molecule has 5 heteroatoms. The van der Waals surface area contributed by atoms with Crippen LogP contribution in [0, 0.1) is 6.42 Å². The van der Waals surface area contributed by atoms with Gasteiger partial charge in [-0.15, -0.1) is 0 Å². The van der Waals surface area contributed by atoms with Gasteiger partial charge in [0, 0.05) is 23.5 Å². The molecular weight excluding hydrogens is 300 g/mol. The second kappa shape index (κ2) is 6.91. The van der Waals surface area contributed by atoms with Crippen LogP contribution in [-0.2, 0) is 6.42 Å². The van der Waals surface area contributed by atoms with Gasteiger partial charge in [-0.05, 0) is 54.3 Å². The number of primary amides is 1. The Balaban J connectivity index is 1.80. The Hall–Kier alpha value is -3.21. The molecule has 0 aliphatic carbocycles. The van der Waals surface area contributed by atoms with Gasteiger partial charge in [-0.2, -0.15) is 0 Å². The molecule has 5 nitrogen and oxygen atoms in total. The summed E-state index contributed by atoms with van der Waals surface area (Å²) in [6, 6.07) is 14.9. The van der Waals surface area contributed by atoms with Crippen molar-refractivity contribution in [3.05, 3.63) is 84.0 Å². The van der Waals surface area contributed by atoms with E-state index in [0.29, 0.717) is 17.8 Å². The third-order valence-corrected chi connectivity index (χ3v) is 3.70. The van der Waals surface area contributed by atoms with Gasteiger partial charge in [-0.25, -0.2) is 4.98 Å². The van der Waals surface area contributed by atoms with Gasteiger partial charge < -0.3 is 11.5 Å². The lowest BCUT2D eigenvalue weighted by Crippen LogP contribution is -2.13. The van der Waals surface area contributed by atoms with Crippen molar-refractivity contribution in [2.45, 2.75) is 6.42 Å². The lowest BCUT2D eigenvalue weighted by atomic mass is 9.99. The molecule has 119 valence electrons. The van der Waals surface area contributed by atoms with Crippen molar-refractivity contribution in [1.82, 2.24) is 9.97 Å². The van der Waals surface area contributed by atoms with Crippen LogP contribution in [0.25, 0.3) is 11.3 Å². The second-order valence-corrected chi connectivity index (χ2v) is 5.37. The van der Waals surface area contributed by atoms with Crippen LogP contribution in [0.3, 0.4) is 0 Å². The van der Waals surface area contributed by atoms with Gasteiger partial charge >= 0.3 is 0 Å². The summed E-state index contributed by atoms with van der Waals surface area (Å²) in [7, 11) is 0. The molecule has 0 bridgehead atoms. The summed E-state index contributed by atoms with van der Waals surface area (Å²) < 4.78 is 0. The van der Waals surface area contributed by atoms with Crippen molar-refractivity contribution in [3.8, 4) is 11.3 Å². The molecule has 0 unspecified atom stereocenters. The van der Waals surface area contributed by atoms with Crippen molar-refractivity contribution in [3.63, 3.8) is 0 Å². The number of anilines is 1. The second-order valence-electron chi connectivity index (χ2n) is 5.37. The number of amides is 1. The zero-order chi connectivity index (χ0) is 16.9. The van der Waals surface area contributed by atoms with E-state index in [9.17, 15) is 4.79 Å². The molecule has 0 atom stereocenters. The van der Waals surface area contributed by atoms with Gasteiger partial charge in [0.2, 0.25) is 5.91 Å². The van der Waals surface area contributed by atoms with E-state index in [-0.39, 0.29) is 0 Å². The fourth-order valence-corrected chi connectivity index (χ4v) is 2.51. The molecule has 0 aliphatic rings. The minimum atomic E-state index is -0.415. The number of aromatic nitrogens is 2. The summed E-state index contributed by atoms with van der Waals surface area (Å²) in [5, 5.41) is 0. The Kier molecular flexibility index (Phi) is 4.52. The number of nitrogens with zero attached hydrogens (tertiary/aromatic N) is 2. The van der Waals surface area contributed by atoms with Crippen molar-refractivity contribution in [1.29, 1.82) is 0 Å². The maximum absolute atomic E-state index is 11.5. The SMILES string of the molecule is NC(=O)c1ccccc1C[CH]c1ccnc(-c2ccnc(N)c2)c1. The number of pyridine rings is 2. The van der Waals surface area contributed by atoms with Gasteiger partial charge in [0.25, 0.3) is 0 Å². The van der Waals surface area contributed by atoms with Crippen LogP contribution in [0.2, 0.25) is 0 Å². The van der Waals surface area contributed by atoms with E-state index >= 15 is 0 Å². The van der Waals surface area contributed by atoms with Crippen LogP contribution >= 0.6 is 0 Å². The lowest BCUT2D eigenvalue weighted by Gasteiger charge is -2.08. The molecule has 3 rings (SSSR count). The highest BCUT2D eigenvalue weighted by atomic mass is 16.1. The quantitative estimate of drug-likeness (QED) is 0.756. The molecule has 0 aliphatic heterocycles. The first-order valence-electron chi connectivity index (χ1n) is 7.52. The Morgan fingerprint density at radius 1 is 1.04 bits per heavy atom. The first-order valence-corrected chi connectivity index (χ1v) is 7.52. The third kappa shape index (κ3) is 3.57. The Bertz CT molecular complexity index is 877. The van der Waals surface area contributed by atoms with Gasteiger partial charge in [0.1, 0.15) is 5.82 Å². The van der Waals surface area contributed by atoms with Crippen molar-refractivity contribution < 1.29 is 4.79 Å². The molecule has 2 heterocycles. The third-order valence-electron chi connectivity index (χ3n) is 3.70. The van der Waals surface area contributed by atoms with Crippen LogP contribution in [0.4, 0.5) is 5.82 Å². The van der Waals surface area contributed by atoms with Crippen LogP contribution in [0.5, 0.6) is 0 Å². The van der Waals surface area contributed by atoms with Gasteiger partial charge in [0.15, 0.2) is 0 Å². The maximum Gasteiger partial charge on any atom is 0.248 e.